The van der Waals surface area contributed by atoms with Crippen molar-refractivity contribution in [2.45, 2.75) is 51.4 Å². The lowest BCUT2D eigenvalue weighted by Crippen LogP contribution is -2.37. The third-order valence-electron chi connectivity index (χ3n) is 9.36. The third-order valence-corrected chi connectivity index (χ3v) is 9.36. The largest absolute Gasteiger partial charge is 0.397 e. The number of benzene rings is 2. The van der Waals surface area contributed by atoms with E-state index in [1.165, 1.54) is 36.9 Å². The van der Waals surface area contributed by atoms with E-state index in [0.717, 1.165) is 134 Å². The van der Waals surface area contributed by atoms with Crippen LogP contribution in [-0.2, 0) is 22.3 Å². The first-order chi connectivity index (χ1) is 21.6. The van der Waals surface area contributed by atoms with Gasteiger partial charge >= 0.3 is 0 Å². The first kappa shape index (κ1) is 35.2. The molecule has 0 atom stereocenters. The molecule has 0 spiro atoms. The van der Waals surface area contributed by atoms with Crippen molar-refractivity contribution < 1.29 is 14.4 Å². The lowest BCUT2D eigenvalue weighted by molar-refractivity contribution is -0.384. The average molecular weight is 645 g/mol. The van der Waals surface area contributed by atoms with Crippen molar-refractivity contribution in [3.63, 3.8) is 0 Å². The zero-order chi connectivity index (χ0) is 30.6. The van der Waals surface area contributed by atoms with E-state index >= 15 is 0 Å². The van der Waals surface area contributed by atoms with Crippen molar-refractivity contribution in [1.82, 2.24) is 9.80 Å². The molecule has 2 aromatic rings. The monoisotopic (exact) mass is 644 g/mol. The molecule has 6 rings (SSSR count). The Morgan fingerprint density at radius 2 is 1.09 bits per heavy atom. The molecular weight excluding hydrogens is 592 g/mol. The molecule has 2 aromatic carbocycles. The summed E-state index contributed by atoms with van der Waals surface area (Å²) in [5, 5.41) is 11.5. The molecule has 4 aliphatic rings. The van der Waals surface area contributed by atoms with Crippen LogP contribution in [0.5, 0.6) is 0 Å². The molecule has 250 valence electrons. The van der Waals surface area contributed by atoms with Gasteiger partial charge in [-0.25, -0.2) is 0 Å². The van der Waals surface area contributed by atoms with Gasteiger partial charge in [0.25, 0.3) is 5.69 Å². The molecule has 0 bridgehead atoms. The molecule has 0 unspecified atom stereocenters. The summed E-state index contributed by atoms with van der Waals surface area (Å²) in [4.78, 5) is 20.7. The second-order valence-corrected chi connectivity index (χ2v) is 12.5. The number of nitrogens with zero attached hydrogens (tertiary/aromatic N) is 5. The van der Waals surface area contributed by atoms with Crippen LogP contribution in [0.15, 0.2) is 36.4 Å². The number of nitro benzene ring substituents is 1. The number of nitrogens with two attached hydrogens (primary N) is 1. The predicted molar refractivity (Wildman–Crippen MR) is 185 cm³/mol. The molecule has 0 aliphatic carbocycles. The number of ether oxygens (including phenoxy) is 2. The number of nitrogen functional groups attached to an aromatic ring is 1. The van der Waals surface area contributed by atoms with Crippen LogP contribution >= 0.6 is 12.4 Å². The molecule has 2 N–H and O–H groups in total. The van der Waals surface area contributed by atoms with Crippen LogP contribution in [0.4, 0.5) is 22.7 Å². The highest BCUT2D eigenvalue weighted by atomic mass is 35.5. The van der Waals surface area contributed by atoms with Gasteiger partial charge in [-0.05, 0) is 80.7 Å². The van der Waals surface area contributed by atoms with Crippen LogP contribution in [0, 0.1) is 10.1 Å². The van der Waals surface area contributed by atoms with Crippen LogP contribution in [0.3, 0.4) is 0 Å². The van der Waals surface area contributed by atoms with Crippen LogP contribution in [0.1, 0.15) is 49.7 Å². The van der Waals surface area contributed by atoms with Gasteiger partial charge in [0, 0.05) is 71.5 Å². The van der Waals surface area contributed by atoms with Gasteiger partial charge in [-0.3, -0.25) is 19.9 Å². The predicted octanol–water partition coefficient (Wildman–Crippen LogP) is 5.02. The van der Waals surface area contributed by atoms with Crippen molar-refractivity contribution in [3.05, 3.63) is 57.6 Å². The lowest BCUT2D eigenvalue weighted by atomic mass is 10.1. The summed E-state index contributed by atoms with van der Waals surface area (Å²) in [6, 6.07) is 12.4. The number of anilines is 3. The second-order valence-electron chi connectivity index (χ2n) is 12.5. The molecular formula is C34H53ClN6O4. The molecule has 4 heterocycles. The van der Waals surface area contributed by atoms with E-state index in [0.29, 0.717) is 0 Å². The van der Waals surface area contributed by atoms with Gasteiger partial charge < -0.3 is 25.0 Å². The third kappa shape index (κ3) is 10.7. The Balaban J connectivity index is 0.000000201. The molecule has 0 aromatic heterocycles. The highest BCUT2D eigenvalue weighted by molar-refractivity contribution is 5.85. The van der Waals surface area contributed by atoms with Gasteiger partial charge in [0.1, 0.15) is 5.69 Å². The summed E-state index contributed by atoms with van der Waals surface area (Å²) < 4.78 is 10.7. The smallest absolute Gasteiger partial charge is 0.292 e. The van der Waals surface area contributed by atoms with Gasteiger partial charge in [-0.1, -0.05) is 12.1 Å². The second kappa shape index (κ2) is 18.5. The number of halogens is 1. The average Bonchev–Trinajstić information content (AvgIpc) is 3.08. The molecule has 4 fully saturated rings. The summed E-state index contributed by atoms with van der Waals surface area (Å²) in [5.74, 6) is 0. The molecule has 4 aliphatic heterocycles. The van der Waals surface area contributed by atoms with Crippen molar-refractivity contribution in [1.29, 1.82) is 0 Å². The maximum atomic E-state index is 11.5. The van der Waals surface area contributed by atoms with Crippen molar-refractivity contribution in [3.8, 4) is 0 Å². The van der Waals surface area contributed by atoms with Gasteiger partial charge in [0.05, 0.1) is 42.7 Å². The zero-order valence-electron chi connectivity index (χ0n) is 26.9. The minimum absolute atomic E-state index is 0. The summed E-state index contributed by atoms with van der Waals surface area (Å²) in [5.41, 5.74) is 11.9. The van der Waals surface area contributed by atoms with Gasteiger partial charge in [-0.2, -0.15) is 0 Å². The summed E-state index contributed by atoms with van der Waals surface area (Å²) in [7, 11) is 0. The fraction of sp³-hybridized carbons (Fsp3) is 0.647. The molecule has 0 saturated carbocycles. The maximum Gasteiger partial charge on any atom is 0.292 e. The Labute approximate surface area is 275 Å². The summed E-state index contributed by atoms with van der Waals surface area (Å²) in [6.45, 7) is 13.5. The van der Waals surface area contributed by atoms with Crippen LogP contribution in [0.25, 0.3) is 0 Å². The van der Waals surface area contributed by atoms with Gasteiger partial charge in [0.15, 0.2) is 0 Å². The van der Waals surface area contributed by atoms with E-state index in [2.05, 4.69) is 43.9 Å². The topological polar surface area (TPSA) is 101 Å². The number of nitro groups is 1. The standard InChI is InChI=1S/C17H25N3O3.C17H27N3O.ClH/c21-20(22)17-14-15(6-9-18-10-12-23-13-11-18)4-5-16(17)19-7-2-1-3-8-19;18-16-14-15(6-9-19-10-12-21-13-11-19)4-5-17(16)20-7-2-1-3-8-20;/h4-5,14H,1-3,6-13H2;4-5,14H,1-3,6-13,18H2;1H. The van der Waals surface area contributed by atoms with E-state index in [1.54, 1.807) is 6.07 Å². The Kier molecular flexibility index (Phi) is 14.5. The fourth-order valence-electron chi connectivity index (χ4n) is 6.68. The van der Waals surface area contributed by atoms with Crippen molar-refractivity contribution in [2.75, 3.05) is 107 Å². The van der Waals surface area contributed by atoms with E-state index in [4.69, 9.17) is 15.2 Å². The lowest BCUT2D eigenvalue weighted by Gasteiger charge is -2.30. The number of piperidine rings is 2. The van der Waals surface area contributed by atoms with E-state index in [1.807, 2.05) is 6.07 Å². The van der Waals surface area contributed by atoms with E-state index < -0.39 is 0 Å². The number of rotatable bonds is 9. The molecule has 0 amide bonds. The Morgan fingerprint density at radius 3 is 1.56 bits per heavy atom. The molecule has 11 heteroatoms. The number of hydrogen-bond acceptors (Lipinski definition) is 9. The Hall–Kier alpha value is -2.63. The molecule has 45 heavy (non-hydrogen) atoms. The number of hydrogen-bond donors (Lipinski definition) is 1. The van der Waals surface area contributed by atoms with Gasteiger partial charge in [-0.15, -0.1) is 12.4 Å². The molecule has 4 saturated heterocycles. The molecule has 10 nitrogen and oxygen atoms in total. The Bertz CT molecular complexity index is 1180. The quantitative estimate of drug-likeness (QED) is 0.229. The van der Waals surface area contributed by atoms with Crippen molar-refractivity contribution in [2.24, 2.45) is 0 Å². The first-order valence-corrected chi connectivity index (χ1v) is 16.8. The van der Waals surface area contributed by atoms with Crippen LogP contribution < -0.4 is 15.5 Å². The first-order valence-electron chi connectivity index (χ1n) is 16.8. The minimum atomic E-state index is -0.234. The Morgan fingerprint density at radius 1 is 0.644 bits per heavy atom. The van der Waals surface area contributed by atoms with E-state index in [9.17, 15) is 10.1 Å². The molecule has 0 radical (unpaired) electrons. The normalized spacial score (nSPS) is 19.7. The minimum Gasteiger partial charge on any atom is -0.397 e. The highest BCUT2D eigenvalue weighted by Gasteiger charge is 2.22. The van der Waals surface area contributed by atoms with E-state index in [-0.39, 0.29) is 23.0 Å². The summed E-state index contributed by atoms with van der Waals surface area (Å²) >= 11 is 0. The summed E-state index contributed by atoms with van der Waals surface area (Å²) in [6.07, 6.45) is 9.32. The highest BCUT2D eigenvalue weighted by Crippen LogP contribution is 2.31. The maximum absolute atomic E-state index is 11.5. The van der Waals surface area contributed by atoms with Crippen molar-refractivity contribution >= 4 is 35.2 Å². The number of morpholine rings is 2. The zero-order valence-corrected chi connectivity index (χ0v) is 27.7. The van der Waals surface area contributed by atoms with Gasteiger partial charge in [0.2, 0.25) is 0 Å². The SMILES string of the molecule is Cl.Nc1cc(CCN2CCOCC2)ccc1N1CCCCC1.O=[N+]([O-])c1cc(CCN2CCOCC2)ccc1N1CCCCC1. The fourth-order valence-corrected chi connectivity index (χ4v) is 6.68. The van der Waals surface area contributed by atoms with Crippen LogP contribution in [-0.4, -0.2) is 107 Å². The van der Waals surface area contributed by atoms with Crippen LogP contribution in [0.2, 0.25) is 0 Å².